The van der Waals surface area contributed by atoms with Gasteiger partial charge in [-0.1, -0.05) is 0 Å². The molecule has 0 amide bonds. The summed E-state index contributed by atoms with van der Waals surface area (Å²) in [5.74, 6) is 7.44. The summed E-state index contributed by atoms with van der Waals surface area (Å²) in [4.78, 5) is 0. The number of rotatable bonds is 3. The van der Waals surface area contributed by atoms with E-state index in [1.54, 1.807) is 11.3 Å². The lowest BCUT2D eigenvalue weighted by molar-refractivity contribution is 0.495. The van der Waals surface area contributed by atoms with Crippen molar-refractivity contribution in [2.24, 2.45) is 5.84 Å². The van der Waals surface area contributed by atoms with E-state index < -0.39 is 0 Å². The van der Waals surface area contributed by atoms with Crippen LogP contribution >= 0.6 is 27.3 Å². The predicted molar refractivity (Wildman–Crippen MR) is 69.4 cm³/mol. The van der Waals surface area contributed by atoms with Crippen molar-refractivity contribution in [2.75, 3.05) is 0 Å². The van der Waals surface area contributed by atoms with Gasteiger partial charge in [0, 0.05) is 15.4 Å². The first-order chi connectivity index (χ1) is 7.63. The molecule has 0 aliphatic rings. The molecule has 0 radical (unpaired) electrons. The van der Waals surface area contributed by atoms with E-state index >= 15 is 0 Å². The highest BCUT2D eigenvalue weighted by atomic mass is 79.9. The Kier molecular flexibility index (Phi) is 3.49. The fourth-order valence-electron chi connectivity index (χ4n) is 1.78. The molecule has 0 saturated carbocycles. The molecule has 0 aromatic carbocycles. The normalized spacial score (nSPS) is 13.0. The molecule has 3 nitrogen and oxygen atoms in total. The van der Waals surface area contributed by atoms with Crippen LogP contribution in [-0.2, 0) is 0 Å². The Morgan fingerprint density at radius 2 is 2.12 bits per heavy atom. The number of nitrogens with one attached hydrogen (secondary N) is 1. The number of hydrogen-bond donors (Lipinski definition) is 2. The minimum atomic E-state index is -0.0296. The van der Waals surface area contributed by atoms with Gasteiger partial charge in [-0.25, -0.2) is 5.43 Å². The molecular formula is C11H13BrN2OS. The molecule has 0 spiro atoms. The molecule has 16 heavy (non-hydrogen) atoms. The highest BCUT2D eigenvalue weighted by Crippen LogP contribution is 2.33. The van der Waals surface area contributed by atoms with Gasteiger partial charge >= 0.3 is 0 Å². The zero-order chi connectivity index (χ0) is 11.7. The molecule has 2 rings (SSSR count). The third kappa shape index (κ3) is 2.08. The average Bonchev–Trinajstić information content (AvgIpc) is 2.77. The van der Waals surface area contributed by atoms with E-state index in [-0.39, 0.29) is 6.04 Å². The van der Waals surface area contributed by atoms with Crippen LogP contribution in [0.4, 0.5) is 0 Å². The fourth-order valence-corrected chi connectivity index (χ4v) is 3.33. The topological polar surface area (TPSA) is 51.2 Å². The standard InChI is InChI=1S/C11H13BrN2OS/c1-6-3-8(7(2)15-6)11(14-13)9-4-16-5-10(9)12/h3-5,11,14H,13H2,1-2H3. The molecule has 0 bridgehead atoms. The largest absolute Gasteiger partial charge is 0.466 e. The number of hydrogen-bond acceptors (Lipinski definition) is 4. The van der Waals surface area contributed by atoms with Gasteiger partial charge in [0.25, 0.3) is 0 Å². The monoisotopic (exact) mass is 300 g/mol. The first-order valence-electron chi connectivity index (χ1n) is 4.88. The van der Waals surface area contributed by atoms with Crippen LogP contribution in [0.1, 0.15) is 28.7 Å². The number of furan rings is 1. The molecule has 1 unspecified atom stereocenters. The van der Waals surface area contributed by atoms with Gasteiger partial charge in [-0.2, -0.15) is 11.3 Å². The summed E-state index contributed by atoms with van der Waals surface area (Å²) >= 11 is 5.16. The van der Waals surface area contributed by atoms with Crippen molar-refractivity contribution < 1.29 is 4.42 Å². The minimum Gasteiger partial charge on any atom is -0.466 e. The average molecular weight is 301 g/mol. The molecule has 0 saturated heterocycles. The molecule has 0 aliphatic heterocycles. The van der Waals surface area contributed by atoms with E-state index in [9.17, 15) is 0 Å². The molecule has 2 aromatic rings. The Labute approximate surface area is 107 Å². The van der Waals surface area contributed by atoms with Crippen molar-refractivity contribution in [3.05, 3.63) is 43.9 Å². The quantitative estimate of drug-likeness (QED) is 0.676. The number of aryl methyl sites for hydroxylation is 2. The van der Waals surface area contributed by atoms with Crippen LogP contribution in [0.2, 0.25) is 0 Å². The summed E-state index contributed by atoms with van der Waals surface area (Å²) in [6, 6.07) is 1.99. The molecule has 1 atom stereocenters. The lowest BCUT2D eigenvalue weighted by atomic mass is 10.0. The summed E-state index contributed by atoms with van der Waals surface area (Å²) in [5, 5.41) is 4.12. The third-order valence-corrected chi connectivity index (χ3v) is 4.26. The molecule has 2 aromatic heterocycles. The Bertz CT molecular complexity index is 492. The maximum absolute atomic E-state index is 5.64. The smallest absolute Gasteiger partial charge is 0.106 e. The summed E-state index contributed by atoms with van der Waals surface area (Å²) in [5.41, 5.74) is 5.05. The van der Waals surface area contributed by atoms with Gasteiger partial charge < -0.3 is 4.42 Å². The number of nitrogens with two attached hydrogens (primary N) is 1. The summed E-state index contributed by atoms with van der Waals surface area (Å²) in [7, 11) is 0. The fraction of sp³-hybridized carbons (Fsp3) is 0.273. The van der Waals surface area contributed by atoms with Crippen molar-refractivity contribution in [2.45, 2.75) is 19.9 Å². The van der Waals surface area contributed by atoms with Gasteiger partial charge in [0.1, 0.15) is 11.5 Å². The molecule has 5 heteroatoms. The Balaban J connectivity index is 2.44. The zero-order valence-electron chi connectivity index (χ0n) is 9.08. The van der Waals surface area contributed by atoms with Crippen molar-refractivity contribution in [3.8, 4) is 0 Å². The van der Waals surface area contributed by atoms with E-state index in [1.165, 1.54) is 0 Å². The number of halogens is 1. The Morgan fingerprint density at radius 1 is 1.38 bits per heavy atom. The highest BCUT2D eigenvalue weighted by molar-refractivity contribution is 9.10. The van der Waals surface area contributed by atoms with Crippen molar-refractivity contribution in [1.82, 2.24) is 5.43 Å². The maximum Gasteiger partial charge on any atom is 0.106 e. The second-order valence-corrected chi connectivity index (χ2v) is 5.24. The Morgan fingerprint density at radius 3 is 2.56 bits per heavy atom. The summed E-state index contributed by atoms with van der Waals surface area (Å²) in [6.07, 6.45) is 0. The van der Waals surface area contributed by atoms with Gasteiger partial charge in [0.2, 0.25) is 0 Å². The predicted octanol–water partition coefficient (Wildman–Crippen LogP) is 3.27. The Hall–Kier alpha value is -0.620. The number of thiophene rings is 1. The molecule has 0 aliphatic carbocycles. The van der Waals surface area contributed by atoms with Crippen LogP contribution in [0.3, 0.4) is 0 Å². The zero-order valence-corrected chi connectivity index (χ0v) is 11.5. The molecule has 2 heterocycles. The van der Waals surface area contributed by atoms with E-state index in [1.807, 2.05) is 25.3 Å². The molecular weight excluding hydrogens is 288 g/mol. The molecule has 3 N–H and O–H groups in total. The number of hydrazine groups is 1. The molecule has 0 fully saturated rings. The second kappa shape index (κ2) is 4.71. The van der Waals surface area contributed by atoms with Crippen LogP contribution in [0.25, 0.3) is 0 Å². The van der Waals surface area contributed by atoms with Crippen molar-refractivity contribution in [3.63, 3.8) is 0 Å². The van der Waals surface area contributed by atoms with Crippen LogP contribution in [0, 0.1) is 13.8 Å². The highest BCUT2D eigenvalue weighted by Gasteiger charge is 2.20. The minimum absolute atomic E-state index is 0.0296. The first-order valence-corrected chi connectivity index (χ1v) is 6.61. The van der Waals surface area contributed by atoms with Gasteiger partial charge in [-0.15, -0.1) is 0 Å². The van der Waals surface area contributed by atoms with E-state index in [0.717, 1.165) is 27.1 Å². The van der Waals surface area contributed by atoms with Crippen molar-refractivity contribution >= 4 is 27.3 Å². The first kappa shape index (κ1) is 11.9. The maximum atomic E-state index is 5.64. The van der Waals surface area contributed by atoms with E-state index in [0.29, 0.717) is 0 Å². The van der Waals surface area contributed by atoms with Gasteiger partial charge in [-0.3, -0.25) is 5.84 Å². The van der Waals surface area contributed by atoms with E-state index in [4.69, 9.17) is 10.3 Å². The van der Waals surface area contributed by atoms with Gasteiger partial charge in [-0.05, 0) is 46.8 Å². The van der Waals surface area contributed by atoms with Crippen molar-refractivity contribution in [1.29, 1.82) is 0 Å². The molecule has 86 valence electrons. The van der Waals surface area contributed by atoms with Gasteiger partial charge in [0.15, 0.2) is 0 Å². The summed E-state index contributed by atoms with van der Waals surface area (Å²) in [6.45, 7) is 3.89. The van der Waals surface area contributed by atoms with E-state index in [2.05, 4.69) is 26.7 Å². The second-order valence-electron chi connectivity index (χ2n) is 3.64. The van der Waals surface area contributed by atoms with Gasteiger partial charge in [0.05, 0.1) is 6.04 Å². The van der Waals surface area contributed by atoms with Crippen LogP contribution in [0.5, 0.6) is 0 Å². The lowest BCUT2D eigenvalue weighted by Gasteiger charge is -2.14. The lowest BCUT2D eigenvalue weighted by Crippen LogP contribution is -2.28. The van der Waals surface area contributed by atoms with Crippen LogP contribution < -0.4 is 11.3 Å². The summed E-state index contributed by atoms with van der Waals surface area (Å²) < 4.78 is 6.60. The third-order valence-electron chi connectivity index (χ3n) is 2.51. The SMILES string of the molecule is Cc1cc(C(NN)c2cscc2Br)c(C)o1. The van der Waals surface area contributed by atoms with Crippen LogP contribution in [-0.4, -0.2) is 0 Å². The van der Waals surface area contributed by atoms with Crippen LogP contribution in [0.15, 0.2) is 25.7 Å².